The average Bonchev–Trinajstić information content (AvgIpc) is 3.02. The number of hydrogen-bond donors (Lipinski definition) is 1. The van der Waals surface area contributed by atoms with Crippen LogP contribution in [0.5, 0.6) is 0 Å². The van der Waals surface area contributed by atoms with E-state index in [4.69, 9.17) is 0 Å². The lowest BCUT2D eigenvalue weighted by molar-refractivity contribution is 0.494. The maximum atomic E-state index is 3.53. The van der Waals surface area contributed by atoms with Gasteiger partial charge in [0, 0.05) is 4.70 Å². The van der Waals surface area contributed by atoms with Crippen molar-refractivity contribution in [2.45, 2.75) is 18.8 Å². The minimum atomic E-state index is 0.811. The molecule has 1 nitrogen and oxygen atoms in total. The summed E-state index contributed by atoms with van der Waals surface area (Å²) in [5, 5.41) is 7.27. The van der Waals surface area contributed by atoms with Crippen LogP contribution in [-0.2, 0) is 0 Å². The Morgan fingerprint density at radius 2 is 1.88 bits per heavy atom. The molecule has 2 aromatic rings. The van der Waals surface area contributed by atoms with Gasteiger partial charge in [0.2, 0.25) is 0 Å². The predicted octanol–water partition coefficient (Wildman–Crippen LogP) is 3.61. The Hall–Kier alpha value is -0.860. The van der Waals surface area contributed by atoms with Gasteiger partial charge >= 0.3 is 0 Å². The summed E-state index contributed by atoms with van der Waals surface area (Å²) in [5.74, 6) is 2.69. The van der Waals surface area contributed by atoms with E-state index in [1.165, 1.54) is 36.0 Å². The molecule has 2 atom stereocenters. The number of nitrogens with one attached hydrogen (secondary N) is 1. The van der Waals surface area contributed by atoms with Crippen LogP contribution < -0.4 is 5.32 Å². The highest BCUT2D eigenvalue weighted by Crippen LogP contribution is 2.45. The average molecular weight is 243 g/mol. The molecule has 0 spiro atoms. The molecule has 0 radical (unpaired) electrons. The van der Waals surface area contributed by atoms with Crippen molar-refractivity contribution >= 4 is 21.4 Å². The maximum absolute atomic E-state index is 3.53. The van der Waals surface area contributed by atoms with E-state index in [9.17, 15) is 0 Å². The molecule has 2 fully saturated rings. The summed E-state index contributed by atoms with van der Waals surface area (Å²) in [6.45, 7) is 2.50. The van der Waals surface area contributed by atoms with Gasteiger partial charge in [0.15, 0.2) is 0 Å². The van der Waals surface area contributed by atoms with E-state index in [-0.39, 0.29) is 0 Å². The van der Waals surface area contributed by atoms with Gasteiger partial charge in [0.25, 0.3) is 0 Å². The molecule has 2 heteroatoms. The quantitative estimate of drug-likeness (QED) is 0.806. The lowest BCUT2D eigenvalue weighted by Crippen LogP contribution is -2.11. The molecule has 1 aromatic carbocycles. The third-order valence-electron chi connectivity index (χ3n) is 4.62. The molecule has 1 aliphatic carbocycles. The number of thiophene rings is 1. The van der Waals surface area contributed by atoms with Crippen LogP contribution in [0, 0.1) is 11.8 Å². The second-order valence-electron chi connectivity index (χ2n) is 5.53. The number of fused-ring (bicyclic) bond motifs is 2. The molecule has 0 amide bonds. The molecule has 1 N–H and O–H groups in total. The van der Waals surface area contributed by atoms with Crippen molar-refractivity contribution in [3.8, 4) is 0 Å². The minimum absolute atomic E-state index is 0.811. The highest BCUT2D eigenvalue weighted by molar-refractivity contribution is 7.17. The van der Waals surface area contributed by atoms with E-state index >= 15 is 0 Å². The highest BCUT2D eigenvalue weighted by atomic mass is 32.1. The standard InChI is InChI=1S/C15H17NS/c1-2-13(14-4-5-17-15(14)3-1)10-6-11-8-16-9-12(11)7-10/h1-5,10-12,16H,6-9H2. The predicted molar refractivity (Wildman–Crippen MR) is 73.6 cm³/mol. The number of rotatable bonds is 1. The SMILES string of the molecule is c1cc(C2CC3CNCC3C2)c2ccsc2c1. The normalized spacial score (nSPS) is 32.1. The summed E-state index contributed by atoms with van der Waals surface area (Å²) >= 11 is 1.87. The Kier molecular flexibility index (Phi) is 2.27. The van der Waals surface area contributed by atoms with Gasteiger partial charge in [-0.1, -0.05) is 12.1 Å². The summed E-state index contributed by atoms with van der Waals surface area (Å²) in [6.07, 6.45) is 2.79. The van der Waals surface area contributed by atoms with Crippen molar-refractivity contribution in [1.29, 1.82) is 0 Å². The highest BCUT2D eigenvalue weighted by Gasteiger charge is 2.38. The van der Waals surface area contributed by atoms with E-state index in [1.807, 2.05) is 11.3 Å². The van der Waals surface area contributed by atoms with Gasteiger partial charge in [-0.15, -0.1) is 11.3 Å². The lowest BCUT2D eigenvalue weighted by Gasteiger charge is -2.13. The molecule has 2 heterocycles. The molecule has 1 saturated heterocycles. The number of hydrogen-bond acceptors (Lipinski definition) is 2. The summed E-state index contributed by atoms with van der Waals surface area (Å²) in [6, 6.07) is 9.15. The van der Waals surface area contributed by atoms with Crippen molar-refractivity contribution in [3.63, 3.8) is 0 Å². The zero-order chi connectivity index (χ0) is 11.2. The fraction of sp³-hybridized carbons (Fsp3) is 0.467. The van der Waals surface area contributed by atoms with E-state index in [0.717, 1.165) is 17.8 Å². The second-order valence-corrected chi connectivity index (χ2v) is 6.47. The lowest BCUT2D eigenvalue weighted by atomic mass is 9.93. The fourth-order valence-electron chi connectivity index (χ4n) is 3.79. The van der Waals surface area contributed by atoms with Gasteiger partial charge in [-0.05, 0) is 72.1 Å². The molecule has 2 unspecified atom stereocenters. The molecule has 4 rings (SSSR count). The van der Waals surface area contributed by atoms with Crippen molar-refractivity contribution in [2.75, 3.05) is 13.1 Å². The molecular weight excluding hydrogens is 226 g/mol. The largest absolute Gasteiger partial charge is 0.316 e. The molecule has 88 valence electrons. The second kappa shape index (κ2) is 3.82. The zero-order valence-electron chi connectivity index (χ0n) is 9.86. The fourth-order valence-corrected chi connectivity index (χ4v) is 4.61. The van der Waals surface area contributed by atoms with Gasteiger partial charge in [-0.3, -0.25) is 0 Å². The minimum Gasteiger partial charge on any atom is -0.316 e. The smallest absolute Gasteiger partial charge is 0.0345 e. The Morgan fingerprint density at radius 1 is 1.06 bits per heavy atom. The molecule has 1 aromatic heterocycles. The van der Waals surface area contributed by atoms with Gasteiger partial charge < -0.3 is 5.32 Å². The van der Waals surface area contributed by atoms with E-state index in [2.05, 4.69) is 35.0 Å². The van der Waals surface area contributed by atoms with Gasteiger partial charge in [-0.2, -0.15) is 0 Å². The van der Waals surface area contributed by atoms with Crippen LogP contribution in [0.25, 0.3) is 10.1 Å². The van der Waals surface area contributed by atoms with Crippen molar-refractivity contribution < 1.29 is 0 Å². The number of benzene rings is 1. The Bertz CT molecular complexity index is 533. The van der Waals surface area contributed by atoms with Gasteiger partial charge in [0.1, 0.15) is 0 Å². The molecule has 2 aliphatic rings. The maximum Gasteiger partial charge on any atom is 0.0345 e. The zero-order valence-corrected chi connectivity index (χ0v) is 10.7. The topological polar surface area (TPSA) is 12.0 Å². The van der Waals surface area contributed by atoms with Crippen LogP contribution in [-0.4, -0.2) is 13.1 Å². The van der Waals surface area contributed by atoms with Gasteiger partial charge in [-0.25, -0.2) is 0 Å². The van der Waals surface area contributed by atoms with Crippen LogP contribution in [0.2, 0.25) is 0 Å². The Balaban J connectivity index is 1.73. The first-order chi connectivity index (χ1) is 8.42. The van der Waals surface area contributed by atoms with E-state index in [1.54, 1.807) is 5.56 Å². The first-order valence-corrected chi connectivity index (χ1v) is 7.46. The summed E-state index contributed by atoms with van der Waals surface area (Å²) in [5.41, 5.74) is 1.61. The van der Waals surface area contributed by atoms with Gasteiger partial charge in [0.05, 0.1) is 0 Å². The van der Waals surface area contributed by atoms with Crippen molar-refractivity contribution in [1.82, 2.24) is 5.32 Å². The first kappa shape index (κ1) is 10.1. The molecule has 1 saturated carbocycles. The molecular formula is C15H17NS. The van der Waals surface area contributed by atoms with E-state index < -0.39 is 0 Å². The van der Waals surface area contributed by atoms with Crippen LogP contribution >= 0.6 is 11.3 Å². The molecule has 1 aliphatic heterocycles. The third kappa shape index (κ3) is 1.54. The molecule has 17 heavy (non-hydrogen) atoms. The monoisotopic (exact) mass is 243 g/mol. The van der Waals surface area contributed by atoms with Crippen LogP contribution in [0.3, 0.4) is 0 Å². The summed E-state index contributed by atoms with van der Waals surface area (Å²) < 4.78 is 1.46. The third-order valence-corrected chi connectivity index (χ3v) is 5.51. The summed E-state index contributed by atoms with van der Waals surface area (Å²) in [7, 11) is 0. The molecule has 0 bridgehead atoms. The van der Waals surface area contributed by atoms with Crippen LogP contribution in [0.1, 0.15) is 24.3 Å². The van der Waals surface area contributed by atoms with Crippen LogP contribution in [0.4, 0.5) is 0 Å². The van der Waals surface area contributed by atoms with Crippen molar-refractivity contribution in [3.05, 3.63) is 35.2 Å². The van der Waals surface area contributed by atoms with Crippen LogP contribution in [0.15, 0.2) is 29.6 Å². The van der Waals surface area contributed by atoms with Crippen molar-refractivity contribution in [2.24, 2.45) is 11.8 Å². The Labute approximate surface area is 106 Å². The van der Waals surface area contributed by atoms with E-state index in [0.29, 0.717) is 0 Å². The Morgan fingerprint density at radius 3 is 2.71 bits per heavy atom. The first-order valence-electron chi connectivity index (χ1n) is 6.58. The summed E-state index contributed by atoms with van der Waals surface area (Å²) in [4.78, 5) is 0.